The van der Waals surface area contributed by atoms with Gasteiger partial charge in [-0.2, -0.15) is 0 Å². The zero-order valence-corrected chi connectivity index (χ0v) is 18.5. The zero-order valence-electron chi connectivity index (χ0n) is 16.9. The first-order valence-corrected chi connectivity index (χ1v) is 11.1. The van der Waals surface area contributed by atoms with Crippen molar-refractivity contribution in [2.45, 2.75) is 38.7 Å². The van der Waals surface area contributed by atoms with Crippen LogP contribution in [0.1, 0.15) is 41.6 Å². The van der Waals surface area contributed by atoms with E-state index in [4.69, 9.17) is 9.47 Å². The molecule has 2 N–H and O–H groups in total. The maximum Gasteiger partial charge on any atom is 0.255 e. The summed E-state index contributed by atoms with van der Waals surface area (Å²) in [5, 5.41) is 5.85. The normalized spacial score (nSPS) is 18.1. The summed E-state index contributed by atoms with van der Waals surface area (Å²) in [4.78, 5) is 24.8. The highest BCUT2D eigenvalue weighted by Gasteiger charge is 2.29. The Morgan fingerprint density at radius 2 is 1.97 bits per heavy atom. The molecule has 0 radical (unpaired) electrons. The Morgan fingerprint density at radius 3 is 2.67 bits per heavy atom. The third-order valence-corrected chi connectivity index (χ3v) is 5.96. The number of benzene rings is 2. The van der Waals surface area contributed by atoms with Gasteiger partial charge in [-0.15, -0.1) is 0 Å². The lowest BCUT2D eigenvalue weighted by atomic mass is 10.1. The molecule has 1 aliphatic carbocycles. The highest BCUT2D eigenvalue weighted by Crippen LogP contribution is 2.31. The third-order valence-electron chi connectivity index (χ3n) is 5.34. The van der Waals surface area contributed by atoms with Crippen LogP contribution in [0.15, 0.2) is 40.9 Å². The fourth-order valence-corrected chi connectivity index (χ4v) is 3.83. The van der Waals surface area contributed by atoms with Crippen LogP contribution in [0, 0.1) is 12.8 Å². The average molecular weight is 473 g/mol. The molecule has 158 valence electrons. The number of halogens is 1. The highest BCUT2D eigenvalue weighted by molar-refractivity contribution is 9.10. The van der Waals surface area contributed by atoms with Gasteiger partial charge < -0.3 is 20.1 Å². The molecule has 1 saturated carbocycles. The minimum Gasteiger partial charge on any atom is -0.490 e. The molecule has 6 nitrogen and oxygen atoms in total. The molecule has 1 saturated heterocycles. The summed E-state index contributed by atoms with van der Waals surface area (Å²) in [5.74, 6) is 0.622. The van der Waals surface area contributed by atoms with E-state index in [2.05, 4.69) is 26.6 Å². The Labute approximate surface area is 184 Å². The average Bonchev–Trinajstić information content (AvgIpc) is 3.46. The molecule has 2 fully saturated rings. The molecule has 2 aromatic rings. The zero-order chi connectivity index (χ0) is 21.1. The fourth-order valence-electron chi connectivity index (χ4n) is 3.34. The lowest BCUT2D eigenvalue weighted by Gasteiger charge is -2.14. The van der Waals surface area contributed by atoms with E-state index < -0.39 is 0 Å². The number of carbonyl (C=O) groups is 2. The van der Waals surface area contributed by atoms with Gasteiger partial charge in [0.25, 0.3) is 5.91 Å². The van der Waals surface area contributed by atoms with Crippen molar-refractivity contribution in [3.05, 3.63) is 52.0 Å². The Bertz CT molecular complexity index is 952. The number of hydrogen-bond acceptors (Lipinski definition) is 4. The molecule has 0 bridgehead atoms. The van der Waals surface area contributed by atoms with Crippen molar-refractivity contribution < 1.29 is 19.1 Å². The largest absolute Gasteiger partial charge is 0.490 e. The van der Waals surface area contributed by atoms with Crippen molar-refractivity contribution in [3.63, 3.8) is 0 Å². The maximum absolute atomic E-state index is 12.7. The number of hydrogen-bond donors (Lipinski definition) is 2. The Balaban J connectivity index is 1.39. The first-order valence-electron chi connectivity index (χ1n) is 10.3. The molecule has 1 unspecified atom stereocenters. The van der Waals surface area contributed by atoms with E-state index in [1.807, 2.05) is 19.1 Å². The molecular formula is C23H25BrN2O4. The maximum atomic E-state index is 12.7. The number of carbonyl (C=O) groups excluding carboxylic acids is 2. The van der Waals surface area contributed by atoms with Gasteiger partial charge in [0, 0.05) is 29.5 Å². The molecule has 2 amide bonds. The standard InChI is InChI=1S/C23H25BrN2O4/c1-14-4-8-17(12-20(14)26-22(27)15-5-6-15)25-23(28)16-7-9-21(19(24)11-16)30-13-18-3-2-10-29-18/h4,7-9,11-12,15,18H,2-3,5-6,10,13H2,1H3,(H,25,28)(H,26,27). The van der Waals surface area contributed by atoms with E-state index in [-0.39, 0.29) is 23.8 Å². The molecule has 30 heavy (non-hydrogen) atoms. The molecule has 1 atom stereocenters. The molecule has 0 spiro atoms. The predicted octanol–water partition coefficient (Wildman–Crippen LogP) is 4.92. The molecule has 2 aliphatic rings. The topological polar surface area (TPSA) is 76.7 Å². The van der Waals surface area contributed by atoms with Crippen LogP contribution in [0.4, 0.5) is 11.4 Å². The van der Waals surface area contributed by atoms with Gasteiger partial charge in [-0.3, -0.25) is 9.59 Å². The van der Waals surface area contributed by atoms with E-state index >= 15 is 0 Å². The van der Waals surface area contributed by atoms with Crippen LogP contribution >= 0.6 is 15.9 Å². The summed E-state index contributed by atoms with van der Waals surface area (Å²) in [7, 11) is 0. The van der Waals surface area contributed by atoms with E-state index in [1.54, 1.807) is 24.3 Å². The Kier molecular flexibility index (Phi) is 6.39. The van der Waals surface area contributed by atoms with Crippen LogP contribution in [-0.2, 0) is 9.53 Å². The number of ether oxygens (including phenoxy) is 2. The van der Waals surface area contributed by atoms with Crippen LogP contribution in [-0.4, -0.2) is 31.1 Å². The van der Waals surface area contributed by atoms with E-state index in [1.165, 1.54) is 0 Å². The molecule has 1 aliphatic heterocycles. The lowest BCUT2D eigenvalue weighted by molar-refractivity contribution is -0.117. The SMILES string of the molecule is Cc1ccc(NC(=O)c2ccc(OCC3CCCO3)c(Br)c2)cc1NC(=O)C1CC1. The van der Waals surface area contributed by atoms with Gasteiger partial charge >= 0.3 is 0 Å². The summed E-state index contributed by atoms with van der Waals surface area (Å²) in [6, 6.07) is 10.8. The quantitative estimate of drug-likeness (QED) is 0.599. The van der Waals surface area contributed by atoms with Gasteiger partial charge in [0.05, 0.1) is 10.6 Å². The summed E-state index contributed by atoms with van der Waals surface area (Å²) in [6.07, 6.45) is 4.11. The number of anilines is 2. The molecule has 7 heteroatoms. The van der Waals surface area contributed by atoms with Crippen molar-refractivity contribution in [1.29, 1.82) is 0 Å². The molecule has 1 heterocycles. The Hall–Kier alpha value is -2.38. The van der Waals surface area contributed by atoms with Gasteiger partial charge in [-0.1, -0.05) is 6.07 Å². The summed E-state index contributed by atoms with van der Waals surface area (Å²) >= 11 is 3.48. The lowest BCUT2D eigenvalue weighted by Crippen LogP contribution is -2.17. The molecule has 0 aromatic heterocycles. The minimum atomic E-state index is -0.232. The van der Waals surface area contributed by atoms with Crippen molar-refractivity contribution in [1.82, 2.24) is 0 Å². The number of amides is 2. The monoisotopic (exact) mass is 472 g/mol. The van der Waals surface area contributed by atoms with Crippen LogP contribution in [0.3, 0.4) is 0 Å². The smallest absolute Gasteiger partial charge is 0.255 e. The van der Waals surface area contributed by atoms with Crippen LogP contribution in [0.2, 0.25) is 0 Å². The Morgan fingerprint density at radius 1 is 1.13 bits per heavy atom. The first kappa shape index (κ1) is 20.9. The van der Waals surface area contributed by atoms with E-state index in [0.717, 1.165) is 48.0 Å². The van der Waals surface area contributed by atoms with Gasteiger partial charge in [0.2, 0.25) is 5.91 Å². The van der Waals surface area contributed by atoms with Crippen molar-refractivity contribution in [3.8, 4) is 5.75 Å². The van der Waals surface area contributed by atoms with Gasteiger partial charge in [0.1, 0.15) is 12.4 Å². The molecule has 2 aromatic carbocycles. The predicted molar refractivity (Wildman–Crippen MR) is 119 cm³/mol. The second-order valence-corrected chi connectivity index (χ2v) is 8.69. The second-order valence-electron chi connectivity index (χ2n) is 7.84. The van der Waals surface area contributed by atoms with E-state index in [9.17, 15) is 9.59 Å². The van der Waals surface area contributed by atoms with Crippen LogP contribution < -0.4 is 15.4 Å². The summed E-state index contributed by atoms with van der Waals surface area (Å²) < 4.78 is 12.1. The number of rotatable bonds is 7. The van der Waals surface area contributed by atoms with Crippen molar-refractivity contribution in [2.24, 2.45) is 5.92 Å². The molecule has 4 rings (SSSR count). The first-order chi connectivity index (χ1) is 14.5. The fraction of sp³-hybridized carbons (Fsp3) is 0.391. The highest BCUT2D eigenvalue weighted by atomic mass is 79.9. The van der Waals surface area contributed by atoms with Crippen molar-refractivity contribution >= 4 is 39.1 Å². The summed E-state index contributed by atoms with van der Waals surface area (Å²) in [5.41, 5.74) is 2.82. The summed E-state index contributed by atoms with van der Waals surface area (Å²) in [6.45, 7) is 3.22. The molecular weight excluding hydrogens is 448 g/mol. The van der Waals surface area contributed by atoms with Gasteiger partial charge in [-0.05, 0) is 84.4 Å². The third kappa shape index (κ3) is 5.21. The van der Waals surface area contributed by atoms with Gasteiger partial charge in [0.15, 0.2) is 0 Å². The van der Waals surface area contributed by atoms with Crippen LogP contribution in [0.5, 0.6) is 5.75 Å². The van der Waals surface area contributed by atoms with Gasteiger partial charge in [-0.25, -0.2) is 0 Å². The van der Waals surface area contributed by atoms with E-state index in [0.29, 0.717) is 23.6 Å². The number of nitrogens with one attached hydrogen (secondary N) is 2. The minimum absolute atomic E-state index is 0.0455. The van der Waals surface area contributed by atoms with Crippen LogP contribution in [0.25, 0.3) is 0 Å². The number of aryl methyl sites for hydroxylation is 1. The second kappa shape index (κ2) is 9.18. The van der Waals surface area contributed by atoms with Crippen molar-refractivity contribution in [2.75, 3.05) is 23.8 Å².